The summed E-state index contributed by atoms with van der Waals surface area (Å²) in [4.78, 5) is 4.56. The number of hydrogen-bond donors (Lipinski definition) is 1. The topological polar surface area (TPSA) is 34.1 Å². The van der Waals surface area contributed by atoms with Crippen LogP contribution in [0.25, 0.3) is 0 Å². The predicted molar refractivity (Wildman–Crippen MR) is 53.1 cm³/mol. The third-order valence-corrected chi connectivity index (χ3v) is 3.26. The number of ether oxygens (including phenoxy) is 1. The first-order valence-electron chi connectivity index (χ1n) is 4.57. The minimum atomic E-state index is 0.551. The van der Waals surface area contributed by atoms with Gasteiger partial charge >= 0.3 is 0 Å². The van der Waals surface area contributed by atoms with Crippen LogP contribution in [0.1, 0.15) is 23.0 Å². The average Bonchev–Trinajstić information content (AvgIpc) is 2.70. The highest BCUT2D eigenvalue weighted by Gasteiger charge is 2.20. The summed E-state index contributed by atoms with van der Waals surface area (Å²) in [6.07, 6.45) is 1.13. The van der Waals surface area contributed by atoms with Crippen molar-refractivity contribution < 1.29 is 4.74 Å². The molecule has 1 fully saturated rings. The first kappa shape index (κ1) is 9.12. The van der Waals surface area contributed by atoms with Gasteiger partial charge in [-0.05, 0) is 13.5 Å². The Bertz CT molecular complexity index is 268. The van der Waals surface area contributed by atoms with Gasteiger partial charge in [0.2, 0.25) is 0 Å². The fourth-order valence-corrected chi connectivity index (χ4v) is 2.44. The molecule has 0 amide bonds. The number of rotatable bonds is 3. The highest BCUT2D eigenvalue weighted by atomic mass is 32.1. The molecule has 1 unspecified atom stereocenters. The van der Waals surface area contributed by atoms with Crippen LogP contribution < -0.4 is 5.32 Å². The van der Waals surface area contributed by atoms with Crippen LogP contribution in [0, 0.1) is 0 Å². The van der Waals surface area contributed by atoms with Crippen molar-refractivity contribution in [1.29, 1.82) is 0 Å². The van der Waals surface area contributed by atoms with Crippen molar-refractivity contribution in [2.75, 3.05) is 20.3 Å². The molecule has 13 heavy (non-hydrogen) atoms. The Morgan fingerprint density at radius 1 is 1.77 bits per heavy atom. The van der Waals surface area contributed by atoms with Crippen molar-refractivity contribution in [2.45, 2.75) is 18.9 Å². The molecule has 1 aromatic heterocycles. The van der Waals surface area contributed by atoms with Crippen molar-refractivity contribution in [1.82, 2.24) is 10.3 Å². The fraction of sp³-hybridized carbons (Fsp3) is 0.667. The molecule has 0 spiro atoms. The Balaban J connectivity index is 2.03. The van der Waals surface area contributed by atoms with Crippen LogP contribution in [0.4, 0.5) is 0 Å². The van der Waals surface area contributed by atoms with E-state index in [1.807, 2.05) is 7.05 Å². The fourth-order valence-electron chi connectivity index (χ4n) is 1.50. The van der Waals surface area contributed by atoms with Crippen molar-refractivity contribution in [3.8, 4) is 0 Å². The minimum Gasteiger partial charge on any atom is -0.381 e. The van der Waals surface area contributed by atoms with E-state index in [1.165, 1.54) is 5.01 Å². The molecule has 1 aliphatic rings. The summed E-state index contributed by atoms with van der Waals surface area (Å²) in [7, 11) is 1.94. The zero-order valence-corrected chi connectivity index (χ0v) is 8.56. The Morgan fingerprint density at radius 3 is 3.38 bits per heavy atom. The quantitative estimate of drug-likeness (QED) is 0.796. The lowest BCUT2D eigenvalue weighted by atomic mass is 10.1. The van der Waals surface area contributed by atoms with Crippen LogP contribution in [0.15, 0.2) is 5.38 Å². The standard InChI is InChI=1S/C9H14N2OS/c1-10-4-8-6-13-9(11-8)7-2-3-12-5-7/h6-7,10H,2-5H2,1H3. The molecule has 1 N–H and O–H groups in total. The highest BCUT2D eigenvalue weighted by molar-refractivity contribution is 7.09. The van der Waals surface area contributed by atoms with Gasteiger partial charge in [-0.25, -0.2) is 4.98 Å². The van der Waals surface area contributed by atoms with Crippen LogP contribution in [0.2, 0.25) is 0 Å². The summed E-state index contributed by atoms with van der Waals surface area (Å²) < 4.78 is 5.33. The Morgan fingerprint density at radius 2 is 2.69 bits per heavy atom. The van der Waals surface area contributed by atoms with Crippen LogP contribution in [-0.2, 0) is 11.3 Å². The molecule has 0 aliphatic carbocycles. The van der Waals surface area contributed by atoms with E-state index in [4.69, 9.17) is 4.74 Å². The summed E-state index contributed by atoms with van der Waals surface area (Å²) in [5.74, 6) is 0.551. The van der Waals surface area contributed by atoms with Crippen molar-refractivity contribution in [2.24, 2.45) is 0 Å². The smallest absolute Gasteiger partial charge is 0.0983 e. The molecule has 4 heteroatoms. The molecular formula is C9H14N2OS. The number of thiazole rings is 1. The summed E-state index contributed by atoms with van der Waals surface area (Å²) in [5, 5.41) is 6.47. The second kappa shape index (κ2) is 4.17. The number of aromatic nitrogens is 1. The molecule has 1 saturated heterocycles. The molecule has 0 aromatic carbocycles. The van der Waals surface area contributed by atoms with Gasteiger partial charge in [0.05, 0.1) is 17.3 Å². The number of nitrogens with one attached hydrogen (secondary N) is 1. The van der Waals surface area contributed by atoms with E-state index in [2.05, 4.69) is 15.7 Å². The lowest BCUT2D eigenvalue weighted by molar-refractivity contribution is 0.194. The molecule has 0 saturated carbocycles. The maximum Gasteiger partial charge on any atom is 0.0983 e. The molecule has 72 valence electrons. The predicted octanol–water partition coefficient (Wildman–Crippen LogP) is 1.37. The van der Waals surface area contributed by atoms with E-state index < -0.39 is 0 Å². The van der Waals surface area contributed by atoms with Gasteiger partial charge in [0.25, 0.3) is 0 Å². The van der Waals surface area contributed by atoms with Gasteiger partial charge < -0.3 is 10.1 Å². The zero-order valence-electron chi connectivity index (χ0n) is 7.75. The van der Waals surface area contributed by atoms with Gasteiger partial charge in [0, 0.05) is 24.4 Å². The Hall–Kier alpha value is -0.450. The normalized spacial score (nSPS) is 22.4. The summed E-state index contributed by atoms with van der Waals surface area (Å²) in [5.41, 5.74) is 1.15. The van der Waals surface area contributed by atoms with Crippen molar-refractivity contribution in [3.05, 3.63) is 16.1 Å². The maximum atomic E-state index is 5.33. The van der Waals surface area contributed by atoms with Crippen LogP contribution in [0.5, 0.6) is 0 Å². The van der Waals surface area contributed by atoms with Gasteiger partial charge in [0.15, 0.2) is 0 Å². The monoisotopic (exact) mass is 198 g/mol. The van der Waals surface area contributed by atoms with E-state index in [-0.39, 0.29) is 0 Å². The molecule has 1 aromatic rings. The van der Waals surface area contributed by atoms with E-state index in [0.29, 0.717) is 5.92 Å². The lowest BCUT2D eigenvalue weighted by Crippen LogP contribution is -2.06. The third kappa shape index (κ3) is 2.07. The van der Waals surface area contributed by atoms with Crippen LogP contribution >= 0.6 is 11.3 Å². The summed E-state index contributed by atoms with van der Waals surface area (Å²) in [6.45, 7) is 2.61. The summed E-state index contributed by atoms with van der Waals surface area (Å²) in [6, 6.07) is 0. The molecule has 0 bridgehead atoms. The Kier molecular flexibility index (Phi) is 2.93. The van der Waals surface area contributed by atoms with Crippen LogP contribution in [-0.4, -0.2) is 25.2 Å². The lowest BCUT2D eigenvalue weighted by Gasteiger charge is -2.00. The van der Waals surface area contributed by atoms with E-state index in [0.717, 1.165) is 31.9 Å². The van der Waals surface area contributed by atoms with Crippen molar-refractivity contribution >= 4 is 11.3 Å². The second-order valence-electron chi connectivity index (χ2n) is 3.27. The highest BCUT2D eigenvalue weighted by Crippen LogP contribution is 2.27. The largest absolute Gasteiger partial charge is 0.381 e. The first-order valence-corrected chi connectivity index (χ1v) is 5.44. The van der Waals surface area contributed by atoms with Gasteiger partial charge in [-0.15, -0.1) is 11.3 Å². The van der Waals surface area contributed by atoms with Gasteiger partial charge in [-0.3, -0.25) is 0 Å². The Labute approximate surface area is 82.1 Å². The molecule has 2 heterocycles. The maximum absolute atomic E-state index is 5.33. The van der Waals surface area contributed by atoms with Gasteiger partial charge in [-0.2, -0.15) is 0 Å². The van der Waals surface area contributed by atoms with Crippen molar-refractivity contribution in [3.63, 3.8) is 0 Å². The van der Waals surface area contributed by atoms with Gasteiger partial charge in [0.1, 0.15) is 0 Å². The van der Waals surface area contributed by atoms with Crippen LogP contribution in [0.3, 0.4) is 0 Å². The molecule has 3 nitrogen and oxygen atoms in total. The molecule has 1 aliphatic heterocycles. The molecule has 1 atom stereocenters. The SMILES string of the molecule is CNCc1csc(C2CCOC2)n1. The molecular weight excluding hydrogens is 184 g/mol. The number of nitrogens with zero attached hydrogens (tertiary/aromatic N) is 1. The van der Waals surface area contributed by atoms with E-state index in [1.54, 1.807) is 11.3 Å². The first-order chi connectivity index (χ1) is 6.40. The molecule has 2 rings (SSSR count). The second-order valence-corrected chi connectivity index (χ2v) is 4.16. The number of hydrogen-bond acceptors (Lipinski definition) is 4. The average molecular weight is 198 g/mol. The van der Waals surface area contributed by atoms with E-state index >= 15 is 0 Å². The minimum absolute atomic E-state index is 0.551. The molecule has 0 radical (unpaired) electrons. The van der Waals surface area contributed by atoms with Gasteiger partial charge in [-0.1, -0.05) is 0 Å². The third-order valence-electron chi connectivity index (χ3n) is 2.21. The van der Waals surface area contributed by atoms with E-state index in [9.17, 15) is 0 Å². The summed E-state index contributed by atoms with van der Waals surface area (Å²) >= 11 is 1.76. The zero-order chi connectivity index (χ0) is 9.10.